The van der Waals surface area contributed by atoms with Gasteiger partial charge in [-0.2, -0.15) is 0 Å². The van der Waals surface area contributed by atoms with E-state index in [0.717, 1.165) is 18.4 Å². The molecule has 2 amide bonds. The molecule has 2 N–H and O–H groups in total. The highest BCUT2D eigenvalue weighted by atomic mass is 35.5. The number of nitrogens with one attached hydrogen (secondary N) is 1. The number of amides is 2. The van der Waals surface area contributed by atoms with Crippen molar-refractivity contribution in [3.63, 3.8) is 0 Å². The molecule has 1 aliphatic carbocycles. The van der Waals surface area contributed by atoms with Crippen LogP contribution in [0, 0.1) is 11.8 Å². The first kappa shape index (κ1) is 13.7. The van der Waals surface area contributed by atoms with Crippen molar-refractivity contribution in [3.8, 4) is 0 Å². The Balaban J connectivity index is 1.54. The third-order valence-electron chi connectivity index (χ3n) is 4.43. The Labute approximate surface area is 123 Å². The van der Waals surface area contributed by atoms with Crippen LogP contribution >= 0.6 is 11.6 Å². The van der Waals surface area contributed by atoms with E-state index >= 15 is 0 Å². The molecule has 20 heavy (non-hydrogen) atoms. The number of fused-ring (bicyclic) bond motifs is 2. The Morgan fingerprint density at radius 2 is 1.85 bits per heavy atom. The number of carbonyl (C=O) groups is 1. The molecule has 2 bridgehead atoms. The number of urea groups is 1. The highest BCUT2D eigenvalue weighted by Crippen LogP contribution is 2.36. The van der Waals surface area contributed by atoms with Gasteiger partial charge >= 0.3 is 6.03 Å². The van der Waals surface area contributed by atoms with Gasteiger partial charge in [-0.25, -0.2) is 4.79 Å². The maximum absolute atomic E-state index is 12.2. The van der Waals surface area contributed by atoms with Crippen molar-refractivity contribution in [3.05, 3.63) is 34.9 Å². The van der Waals surface area contributed by atoms with Crippen molar-refractivity contribution in [2.75, 3.05) is 13.1 Å². The summed E-state index contributed by atoms with van der Waals surface area (Å²) in [7, 11) is 0. The minimum absolute atomic E-state index is 0.0382. The molecule has 3 atom stereocenters. The Morgan fingerprint density at radius 3 is 2.45 bits per heavy atom. The fourth-order valence-corrected chi connectivity index (χ4v) is 3.38. The average Bonchev–Trinajstić information content (AvgIpc) is 2.67. The van der Waals surface area contributed by atoms with Gasteiger partial charge in [0, 0.05) is 36.5 Å². The van der Waals surface area contributed by atoms with Gasteiger partial charge in [-0.15, -0.1) is 0 Å². The summed E-state index contributed by atoms with van der Waals surface area (Å²) in [4.78, 5) is 14.0. The van der Waals surface area contributed by atoms with Crippen LogP contribution in [0.1, 0.15) is 18.4 Å². The Hall–Kier alpha value is -1.26. The normalized spacial score (nSPS) is 28.5. The van der Waals surface area contributed by atoms with Crippen molar-refractivity contribution in [2.24, 2.45) is 11.8 Å². The van der Waals surface area contributed by atoms with Gasteiger partial charge in [0.2, 0.25) is 0 Å². The quantitative estimate of drug-likeness (QED) is 0.879. The summed E-state index contributed by atoms with van der Waals surface area (Å²) >= 11 is 5.83. The summed E-state index contributed by atoms with van der Waals surface area (Å²) in [5, 5.41) is 13.6. The molecule has 1 aromatic carbocycles. The van der Waals surface area contributed by atoms with E-state index in [2.05, 4.69) is 5.32 Å². The van der Waals surface area contributed by atoms with Crippen molar-refractivity contribution >= 4 is 17.6 Å². The van der Waals surface area contributed by atoms with E-state index < -0.39 is 0 Å². The summed E-state index contributed by atoms with van der Waals surface area (Å²) in [6.45, 7) is 1.85. The smallest absolute Gasteiger partial charge is 0.317 e. The van der Waals surface area contributed by atoms with E-state index in [1.165, 1.54) is 0 Å². The number of halogens is 1. The summed E-state index contributed by atoms with van der Waals surface area (Å²) in [6.07, 6.45) is 1.86. The van der Waals surface area contributed by atoms with Gasteiger partial charge in [0.15, 0.2) is 0 Å². The van der Waals surface area contributed by atoms with Gasteiger partial charge in [-0.1, -0.05) is 23.7 Å². The average molecular weight is 295 g/mol. The lowest BCUT2D eigenvalue weighted by atomic mass is 9.95. The second-order valence-electron chi connectivity index (χ2n) is 5.78. The topological polar surface area (TPSA) is 52.6 Å². The number of benzene rings is 1. The van der Waals surface area contributed by atoms with Crippen molar-refractivity contribution < 1.29 is 9.90 Å². The largest absolute Gasteiger partial charge is 0.392 e. The molecular weight excluding hydrogens is 276 g/mol. The number of aliphatic hydroxyl groups is 1. The lowest BCUT2D eigenvalue weighted by Crippen LogP contribution is -2.50. The number of hydrogen-bond donors (Lipinski definition) is 2. The zero-order valence-electron chi connectivity index (χ0n) is 11.3. The van der Waals surface area contributed by atoms with E-state index in [9.17, 15) is 9.90 Å². The molecule has 1 unspecified atom stereocenters. The van der Waals surface area contributed by atoms with Gasteiger partial charge in [0.25, 0.3) is 0 Å². The lowest BCUT2D eigenvalue weighted by molar-refractivity contribution is 0.0303. The van der Waals surface area contributed by atoms with Crippen LogP contribution in [-0.2, 0) is 6.54 Å². The zero-order valence-corrected chi connectivity index (χ0v) is 12.0. The molecular formula is C15H19ClN2O2. The van der Waals surface area contributed by atoms with E-state index in [4.69, 9.17) is 11.6 Å². The summed E-state index contributed by atoms with van der Waals surface area (Å²) in [5.41, 5.74) is 1.03. The SMILES string of the molecule is O=C(NCc1ccc(Cl)cc1)N1C[C@H]2CC[C@@H](C1)C2O. The second-order valence-corrected chi connectivity index (χ2v) is 6.21. The van der Waals surface area contributed by atoms with Gasteiger partial charge < -0.3 is 15.3 Å². The molecule has 108 valence electrons. The first-order chi connectivity index (χ1) is 9.63. The van der Waals surface area contributed by atoms with Crippen LogP contribution in [0.3, 0.4) is 0 Å². The summed E-state index contributed by atoms with van der Waals surface area (Å²) in [6, 6.07) is 7.42. The highest BCUT2D eigenvalue weighted by Gasteiger charge is 2.42. The maximum atomic E-state index is 12.2. The van der Waals surface area contributed by atoms with Crippen LogP contribution in [0.5, 0.6) is 0 Å². The standard InChI is InChI=1S/C15H19ClN2O2/c16-13-5-1-10(2-6-13)7-17-15(20)18-8-11-3-4-12(9-18)14(11)19/h1-2,5-6,11-12,14,19H,3-4,7-9H2,(H,17,20)/t11-,12+,14?. The Kier molecular flexibility index (Phi) is 3.85. The van der Waals surface area contributed by atoms with E-state index in [1.54, 1.807) is 0 Å². The molecule has 1 heterocycles. The summed E-state index contributed by atoms with van der Waals surface area (Å²) < 4.78 is 0. The van der Waals surface area contributed by atoms with Crippen molar-refractivity contribution in [1.29, 1.82) is 0 Å². The van der Waals surface area contributed by atoms with Crippen LogP contribution in [-0.4, -0.2) is 35.2 Å². The van der Waals surface area contributed by atoms with Gasteiger partial charge in [-0.3, -0.25) is 0 Å². The molecule has 1 aromatic rings. The fourth-order valence-electron chi connectivity index (χ4n) is 3.25. The molecule has 1 saturated heterocycles. The van der Waals surface area contributed by atoms with Gasteiger partial charge in [-0.05, 0) is 30.5 Å². The fraction of sp³-hybridized carbons (Fsp3) is 0.533. The van der Waals surface area contributed by atoms with Crippen LogP contribution in [0.15, 0.2) is 24.3 Å². The maximum Gasteiger partial charge on any atom is 0.317 e. The minimum atomic E-state index is -0.213. The highest BCUT2D eigenvalue weighted by molar-refractivity contribution is 6.30. The molecule has 2 fully saturated rings. The number of carbonyl (C=O) groups excluding carboxylic acids is 1. The molecule has 0 spiro atoms. The number of piperidine rings is 1. The number of hydrogen-bond acceptors (Lipinski definition) is 2. The van der Waals surface area contributed by atoms with Crippen LogP contribution in [0.25, 0.3) is 0 Å². The number of likely N-dealkylation sites (tertiary alicyclic amines) is 1. The zero-order chi connectivity index (χ0) is 14.1. The van der Waals surface area contributed by atoms with E-state index in [1.807, 2.05) is 29.2 Å². The van der Waals surface area contributed by atoms with E-state index in [0.29, 0.717) is 24.7 Å². The van der Waals surface area contributed by atoms with Crippen molar-refractivity contribution in [2.45, 2.75) is 25.5 Å². The molecule has 1 aliphatic heterocycles. The number of rotatable bonds is 2. The molecule has 5 heteroatoms. The Bertz CT molecular complexity index is 477. The lowest BCUT2D eigenvalue weighted by Gasteiger charge is -2.35. The molecule has 0 radical (unpaired) electrons. The molecule has 2 aliphatic rings. The molecule has 3 rings (SSSR count). The molecule has 1 saturated carbocycles. The first-order valence-corrected chi connectivity index (χ1v) is 7.46. The van der Waals surface area contributed by atoms with Crippen molar-refractivity contribution in [1.82, 2.24) is 10.2 Å². The van der Waals surface area contributed by atoms with Gasteiger partial charge in [0.1, 0.15) is 0 Å². The predicted molar refractivity (Wildman–Crippen MR) is 77.5 cm³/mol. The third-order valence-corrected chi connectivity index (χ3v) is 4.68. The van der Waals surface area contributed by atoms with Gasteiger partial charge in [0.05, 0.1) is 6.10 Å². The number of nitrogens with zero attached hydrogens (tertiary/aromatic N) is 1. The predicted octanol–water partition coefficient (Wildman–Crippen LogP) is 2.25. The molecule has 4 nitrogen and oxygen atoms in total. The number of aliphatic hydroxyl groups excluding tert-OH is 1. The van der Waals surface area contributed by atoms with Crippen LogP contribution in [0.4, 0.5) is 4.79 Å². The third kappa shape index (κ3) is 2.76. The van der Waals surface area contributed by atoms with Crippen LogP contribution in [0.2, 0.25) is 5.02 Å². The van der Waals surface area contributed by atoms with E-state index in [-0.39, 0.29) is 24.0 Å². The minimum Gasteiger partial charge on any atom is -0.392 e. The Morgan fingerprint density at radius 1 is 1.25 bits per heavy atom. The monoisotopic (exact) mass is 294 g/mol. The second kappa shape index (κ2) is 5.62. The van der Waals surface area contributed by atoms with Crippen LogP contribution < -0.4 is 5.32 Å². The first-order valence-electron chi connectivity index (χ1n) is 7.09. The summed E-state index contributed by atoms with van der Waals surface area (Å²) in [5.74, 6) is 0.519. The molecule has 0 aromatic heterocycles.